The largest absolute Gasteiger partial charge is 0.595 e. The molecule has 0 unspecified atom stereocenters. The zero-order valence-electron chi connectivity index (χ0n) is 89.1. The van der Waals surface area contributed by atoms with Crippen LogP contribution < -0.4 is 96.8 Å². The van der Waals surface area contributed by atoms with Crippen LogP contribution in [0.3, 0.4) is 0 Å². The summed E-state index contributed by atoms with van der Waals surface area (Å²) in [4.78, 5) is 44.8. The van der Waals surface area contributed by atoms with Gasteiger partial charge in [-0.3, -0.25) is 4.99 Å². The topological polar surface area (TPSA) is 510 Å². The molecule has 32 N–H and O–H groups in total. The lowest BCUT2D eigenvalue weighted by Crippen LogP contribution is -2.39. The molecule has 0 amide bonds. The molecule has 0 saturated heterocycles. The number of ether oxygens (including phenoxy) is 1. The molecule has 810 valence electrons. The van der Waals surface area contributed by atoms with E-state index in [1.165, 1.54) is 0 Å². The van der Waals surface area contributed by atoms with E-state index >= 15 is 0 Å². The number of rotatable bonds is 111. The highest BCUT2D eigenvalue weighted by Gasteiger charge is 2.21. The fourth-order valence-electron chi connectivity index (χ4n) is 18.6. The van der Waals surface area contributed by atoms with Gasteiger partial charge < -0.3 is 175 Å². The summed E-state index contributed by atoms with van der Waals surface area (Å²) < 4.78 is 5.57. The molecule has 34 heteroatoms. The molecule has 0 saturated carbocycles. The molecule has 0 aromatic carbocycles. The van der Waals surface area contributed by atoms with Crippen molar-refractivity contribution in [1.82, 2.24) is 73.5 Å². The molecule has 0 fully saturated rings. The van der Waals surface area contributed by atoms with Crippen molar-refractivity contribution < 1.29 is 9.84 Å². The van der Waals surface area contributed by atoms with E-state index < -0.39 is 11.7 Å². The lowest BCUT2D eigenvalue weighted by Gasteiger charge is -2.31. The van der Waals surface area contributed by atoms with E-state index in [9.17, 15) is 5.11 Å². The first-order valence-electron chi connectivity index (χ1n) is 55.9. The first kappa shape index (κ1) is 133. The fraction of sp³-hybridized carbons (Fsp3) is 0.990. The van der Waals surface area contributed by atoms with Crippen LogP contribution in [0.2, 0.25) is 0 Å². The van der Waals surface area contributed by atoms with Crippen molar-refractivity contribution in [3.63, 3.8) is 0 Å². The first-order valence-corrected chi connectivity index (χ1v) is 55.9. The molecule has 34 nitrogen and oxygen atoms in total. The van der Waals surface area contributed by atoms with Gasteiger partial charge in [0.05, 0.1) is 0 Å². The Hall–Kier alpha value is -1.97. The number of aliphatic imine (C=N–C) groups is 1. The van der Waals surface area contributed by atoms with Crippen LogP contribution in [0, 0.1) is 0 Å². The molecule has 0 aliphatic heterocycles. The minimum Gasteiger partial charge on any atom is -0.595 e. The van der Waals surface area contributed by atoms with E-state index in [1.54, 1.807) is 0 Å². The number of hydrogen-bond acceptors (Lipinski definition) is 34. The van der Waals surface area contributed by atoms with E-state index in [4.69, 9.17) is 96.5 Å². The zero-order valence-corrected chi connectivity index (χ0v) is 89.1. The average Bonchev–Trinajstić information content (AvgIpc) is 0.938. The summed E-state index contributed by atoms with van der Waals surface area (Å²) in [5.74, 6) is 0. The number of unbranched alkanes of at least 4 members (excludes halogenated alkanes) is 3. The lowest BCUT2D eigenvalue weighted by molar-refractivity contribution is -0.260. The van der Waals surface area contributed by atoms with E-state index in [2.05, 4.69) is 78.5 Å². The van der Waals surface area contributed by atoms with Gasteiger partial charge in [-0.2, -0.15) is 0 Å². The van der Waals surface area contributed by atoms with Crippen molar-refractivity contribution in [3.05, 3.63) is 0 Å². The van der Waals surface area contributed by atoms with Gasteiger partial charge in [-0.25, -0.2) is 0 Å². The van der Waals surface area contributed by atoms with Crippen molar-refractivity contribution in [1.29, 1.82) is 0 Å². The van der Waals surface area contributed by atoms with Crippen LogP contribution in [-0.4, -0.2) is 491 Å². The van der Waals surface area contributed by atoms with E-state index in [0.717, 1.165) is 513 Å². The molecule has 0 aromatic heterocycles. The van der Waals surface area contributed by atoms with Crippen LogP contribution in [0.4, 0.5) is 0 Å². The lowest BCUT2D eigenvalue weighted by atomic mass is 10.1. The third kappa shape index (κ3) is 86.1. The van der Waals surface area contributed by atoms with E-state index in [0.29, 0.717) is 111 Å². The molecule has 0 bridgehead atoms. The molecule has 0 radical (unpaired) electrons. The summed E-state index contributed by atoms with van der Waals surface area (Å²) in [6, 6.07) is 0. The third-order valence-electron chi connectivity index (χ3n) is 26.2. The Labute approximate surface area is 832 Å². The number of nitrogens with two attached hydrogens (primary N) is 16. The second-order valence-electron chi connectivity index (χ2n) is 39.6. The predicted octanol–water partition coefficient (Wildman–Crippen LogP) is 1.65. The van der Waals surface area contributed by atoms with Gasteiger partial charge in [-0.05, 0) is 605 Å². The van der Waals surface area contributed by atoms with Crippen molar-refractivity contribution in [3.8, 4) is 0 Å². The minimum atomic E-state index is -0.567. The Morgan fingerprint density at radius 3 is 0.356 bits per heavy atom. The SMILES string of the molecule is CC(C)(C)OC([O-])=NCCCCCCN(CCCN(CCCN(CCCN(CCCN)CCCN)CCCN(CCCN)CCCN)CCCN(CCCN(CCCN)CCCN)CCCN(CCCN)CCCN)CCCN(CCCN(CCCN(CCCN)CCCN)CCCN(CCCN)CCCN)CCCN(CCCN(CCCN)CCCN)CCCN(CCCN)CCCN. The van der Waals surface area contributed by atoms with Gasteiger partial charge in [0.15, 0.2) is 0 Å². The minimum absolute atomic E-state index is 0.463. The highest BCUT2D eigenvalue weighted by Crippen LogP contribution is 2.15. The molecular weight excluding hydrogens is 1690 g/mol. The molecule has 0 aliphatic rings. The molecule has 0 heterocycles. The molecular formula is C101H233N32O2-. The normalized spacial score (nSPS) is 12.8. The van der Waals surface area contributed by atoms with Crippen molar-refractivity contribution in [2.45, 2.75) is 245 Å². The Bertz CT molecular complexity index is 1950. The average molecular weight is 1930 g/mol. The fourth-order valence-corrected chi connectivity index (χ4v) is 18.6. The molecule has 0 aromatic rings. The highest BCUT2D eigenvalue weighted by molar-refractivity contribution is 5.62. The van der Waals surface area contributed by atoms with Gasteiger partial charge in [-0.15, -0.1) is 0 Å². The van der Waals surface area contributed by atoms with Gasteiger partial charge in [0, 0.05) is 12.1 Å². The summed E-state index contributed by atoms with van der Waals surface area (Å²) in [6.07, 6.45) is 35.4. The van der Waals surface area contributed by atoms with Crippen LogP contribution in [0.5, 0.6) is 0 Å². The Morgan fingerprint density at radius 2 is 0.252 bits per heavy atom. The van der Waals surface area contributed by atoms with Crippen molar-refractivity contribution in [2.24, 2.45) is 96.7 Å². The van der Waals surface area contributed by atoms with Crippen LogP contribution in [0.15, 0.2) is 4.99 Å². The van der Waals surface area contributed by atoms with Crippen LogP contribution in [-0.2, 0) is 4.74 Å². The van der Waals surface area contributed by atoms with Gasteiger partial charge in [-0.1, -0.05) is 33.6 Å². The van der Waals surface area contributed by atoms with Crippen LogP contribution in [0.25, 0.3) is 0 Å². The Morgan fingerprint density at radius 1 is 0.156 bits per heavy atom. The van der Waals surface area contributed by atoms with E-state index in [-0.39, 0.29) is 0 Å². The highest BCUT2D eigenvalue weighted by atomic mass is 16.6. The summed E-state index contributed by atoms with van der Waals surface area (Å²) in [7, 11) is 0. The quantitative estimate of drug-likeness (QED) is 0.0234. The molecule has 0 aliphatic carbocycles. The Balaban J connectivity index is 8.21. The number of hydrogen-bond donors (Lipinski definition) is 16. The third-order valence-corrected chi connectivity index (χ3v) is 26.2. The predicted molar refractivity (Wildman–Crippen MR) is 582 cm³/mol. The van der Waals surface area contributed by atoms with Crippen molar-refractivity contribution in [2.75, 3.05) is 406 Å². The summed E-state index contributed by atoms with van der Waals surface area (Å²) in [5, 5.41) is 12.7. The second-order valence-corrected chi connectivity index (χ2v) is 39.6. The summed E-state index contributed by atoms with van der Waals surface area (Å²) >= 11 is 0. The maximum Gasteiger partial charge on any atom is 0.145 e. The summed E-state index contributed by atoms with van der Waals surface area (Å²) in [5.41, 5.74) is 97.2. The summed E-state index contributed by atoms with van der Waals surface area (Å²) in [6.45, 7) is 64.7. The van der Waals surface area contributed by atoms with Crippen molar-refractivity contribution >= 4 is 6.08 Å². The van der Waals surface area contributed by atoms with Gasteiger partial charge in [0.25, 0.3) is 0 Å². The molecule has 0 spiro atoms. The maximum absolute atomic E-state index is 12.7. The Kier molecular flexibility index (Phi) is 99.2. The number of nitrogens with zero attached hydrogens (tertiary/aromatic N) is 16. The molecule has 0 rings (SSSR count). The smallest absolute Gasteiger partial charge is 0.145 e. The molecule has 135 heavy (non-hydrogen) atoms. The zero-order chi connectivity index (χ0) is 99.0. The van der Waals surface area contributed by atoms with Crippen LogP contribution in [0.1, 0.15) is 239 Å². The van der Waals surface area contributed by atoms with Gasteiger partial charge >= 0.3 is 0 Å². The van der Waals surface area contributed by atoms with Crippen LogP contribution >= 0.6 is 0 Å². The van der Waals surface area contributed by atoms with E-state index in [1.807, 2.05) is 20.8 Å². The molecule has 0 atom stereocenters. The standard InChI is InChI=1S/C101H234N32O2/c1-101(2,3)135-100(134)118-54-6-4-5-7-55-119(72-24-82-128(92-34-96-130(84-26-74-120(56-8-38-102)57-9-39-103)85-27-75-121(58-10-40-104)59-11-41-105)93-35-97-131(86-28-76-122(60-12-42-106)61-13-43-107)87-29-77-123(62-14-44-108)63-15-45-109)73-25-83-129(94-36-98-132(88-30-78-124(64-16-46-110)65-17-47-111)89-31-79-125(66-18-48-112)67-19-49-113)95-37-99-133(90-32-80-126(68-20-50-114)69-21-51-115)91-33-81-127(70-22-52-116)71-23-53-117/h4-99,102-117H2,1-3H3,(H,118,134)/p-1. The maximum atomic E-state index is 12.7. The first-order chi connectivity index (χ1) is 65.9. The second kappa shape index (κ2) is 101. The monoisotopic (exact) mass is 1930 g/mol. The van der Waals surface area contributed by atoms with Gasteiger partial charge in [0.2, 0.25) is 0 Å². The van der Waals surface area contributed by atoms with Gasteiger partial charge in [0.1, 0.15) is 6.08 Å².